The summed E-state index contributed by atoms with van der Waals surface area (Å²) in [7, 11) is 2.68. The minimum absolute atomic E-state index is 0.0413. The maximum Gasteiger partial charge on any atom is 0.427 e. The van der Waals surface area contributed by atoms with Crippen molar-refractivity contribution in [1.29, 1.82) is 0 Å². The summed E-state index contributed by atoms with van der Waals surface area (Å²) >= 11 is 0. The summed E-state index contributed by atoms with van der Waals surface area (Å²) in [6.07, 6.45) is 0.605. The summed E-state index contributed by atoms with van der Waals surface area (Å²) in [6.45, 7) is 0. The van der Waals surface area contributed by atoms with Crippen molar-refractivity contribution in [2.75, 3.05) is 14.2 Å². The summed E-state index contributed by atoms with van der Waals surface area (Å²) in [6, 6.07) is 4.93. The Morgan fingerprint density at radius 1 is 1.50 bits per heavy atom. The molecule has 0 fully saturated rings. The number of carbonyl (C=O) groups is 1. The molecule has 1 amide bonds. The van der Waals surface area contributed by atoms with Crippen molar-refractivity contribution in [2.45, 2.75) is 0 Å². The van der Waals surface area contributed by atoms with Gasteiger partial charge in [-0.15, -0.1) is 0 Å². The number of benzene rings is 1. The number of para-hydroxylation sites is 1. The molecule has 0 aliphatic heterocycles. The minimum atomic E-state index is -0.682. The van der Waals surface area contributed by atoms with Gasteiger partial charge in [0.2, 0.25) is 0 Å². The maximum absolute atomic E-state index is 10.7. The molecule has 6 heteroatoms. The molecule has 0 atom stereocenters. The van der Waals surface area contributed by atoms with E-state index in [9.17, 15) is 9.90 Å². The molecule has 0 bridgehead atoms. The molecule has 0 radical (unpaired) electrons. The second kappa shape index (κ2) is 5.59. The number of carbonyl (C=O) groups excluding carboxylic acids is 1. The van der Waals surface area contributed by atoms with Crippen LogP contribution in [-0.2, 0) is 4.74 Å². The van der Waals surface area contributed by atoms with E-state index in [-0.39, 0.29) is 5.75 Å². The molecule has 16 heavy (non-hydrogen) atoms. The standard InChI is InChI=1S/C10H12N2O4/c1-15-8-5-3-4-7(9(8)13)6-11-12-10(14)16-2/h3-6,13H,1-2H3,(H,12,14). The molecule has 0 unspecified atom stereocenters. The topological polar surface area (TPSA) is 80.2 Å². The van der Waals surface area contributed by atoms with Crippen molar-refractivity contribution >= 4 is 12.3 Å². The number of nitrogens with one attached hydrogen (secondary N) is 1. The van der Waals surface area contributed by atoms with Crippen molar-refractivity contribution < 1.29 is 19.4 Å². The number of hydrogen-bond donors (Lipinski definition) is 2. The van der Waals surface area contributed by atoms with Crippen LogP contribution in [0.2, 0.25) is 0 Å². The van der Waals surface area contributed by atoms with Crippen molar-refractivity contribution in [3.63, 3.8) is 0 Å². The molecule has 0 saturated carbocycles. The largest absolute Gasteiger partial charge is 0.504 e. The SMILES string of the molecule is COC(=O)NN=Cc1cccc(OC)c1O. The molecule has 0 spiro atoms. The van der Waals surface area contributed by atoms with E-state index in [1.807, 2.05) is 0 Å². The average molecular weight is 224 g/mol. The number of amides is 1. The molecular formula is C10H12N2O4. The van der Waals surface area contributed by atoms with Gasteiger partial charge in [0.25, 0.3) is 0 Å². The predicted octanol–water partition coefficient (Wildman–Crippen LogP) is 1.09. The quantitative estimate of drug-likeness (QED) is 0.595. The van der Waals surface area contributed by atoms with Gasteiger partial charge in [-0.25, -0.2) is 10.2 Å². The maximum atomic E-state index is 10.7. The van der Waals surface area contributed by atoms with Crippen LogP contribution in [0.25, 0.3) is 0 Å². The number of rotatable bonds is 3. The molecule has 1 aromatic rings. The highest BCUT2D eigenvalue weighted by atomic mass is 16.5. The molecule has 2 N–H and O–H groups in total. The van der Waals surface area contributed by atoms with E-state index in [1.54, 1.807) is 18.2 Å². The smallest absolute Gasteiger partial charge is 0.427 e. The lowest BCUT2D eigenvalue weighted by atomic mass is 10.2. The van der Waals surface area contributed by atoms with E-state index in [4.69, 9.17) is 4.74 Å². The highest BCUT2D eigenvalue weighted by molar-refractivity contribution is 5.85. The first-order chi connectivity index (χ1) is 7.69. The number of aromatic hydroxyl groups is 1. The van der Waals surface area contributed by atoms with Crippen LogP contribution in [0.5, 0.6) is 11.5 Å². The number of nitrogens with zero attached hydrogens (tertiary/aromatic N) is 1. The third-order valence-corrected chi connectivity index (χ3v) is 1.79. The molecule has 0 aliphatic carbocycles. The van der Waals surface area contributed by atoms with E-state index >= 15 is 0 Å². The number of methoxy groups -OCH3 is 2. The monoisotopic (exact) mass is 224 g/mol. The zero-order chi connectivity index (χ0) is 12.0. The summed E-state index contributed by atoms with van der Waals surface area (Å²) in [4.78, 5) is 10.7. The Bertz CT molecular complexity index is 404. The van der Waals surface area contributed by atoms with Crippen LogP contribution >= 0.6 is 0 Å². The second-order valence-corrected chi connectivity index (χ2v) is 2.76. The van der Waals surface area contributed by atoms with Crippen LogP contribution in [0, 0.1) is 0 Å². The Balaban J connectivity index is 2.77. The van der Waals surface area contributed by atoms with E-state index in [0.29, 0.717) is 11.3 Å². The zero-order valence-corrected chi connectivity index (χ0v) is 8.93. The van der Waals surface area contributed by atoms with Gasteiger partial charge in [-0.05, 0) is 12.1 Å². The zero-order valence-electron chi connectivity index (χ0n) is 8.93. The van der Waals surface area contributed by atoms with Crippen LogP contribution in [0.15, 0.2) is 23.3 Å². The molecule has 0 heterocycles. The molecule has 86 valence electrons. The molecule has 0 aliphatic rings. The second-order valence-electron chi connectivity index (χ2n) is 2.76. The summed E-state index contributed by atoms with van der Waals surface area (Å²) in [5, 5.41) is 13.2. The van der Waals surface area contributed by atoms with Gasteiger partial charge in [0.15, 0.2) is 11.5 Å². The van der Waals surface area contributed by atoms with Gasteiger partial charge >= 0.3 is 6.09 Å². The minimum Gasteiger partial charge on any atom is -0.504 e. The van der Waals surface area contributed by atoms with E-state index < -0.39 is 6.09 Å². The van der Waals surface area contributed by atoms with Crippen molar-refractivity contribution in [3.8, 4) is 11.5 Å². The van der Waals surface area contributed by atoms with Crippen molar-refractivity contribution in [1.82, 2.24) is 5.43 Å². The lowest BCUT2D eigenvalue weighted by molar-refractivity contribution is 0.171. The Kier molecular flexibility index (Phi) is 4.14. The highest BCUT2D eigenvalue weighted by Gasteiger charge is 2.04. The summed E-state index contributed by atoms with van der Waals surface area (Å²) in [5.74, 6) is 0.294. The lowest BCUT2D eigenvalue weighted by Gasteiger charge is -2.04. The van der Waals surface area contributed by atoms with Gasteiger partial charge < -0.3 is 14.6 Å². The number of hydrogen-bond acceptors (Lipinski definition) is 5. The molecule has 1 aromatic carbocycles. The fraction of sp³-hybridized carbons (Fsp3) is 0.200. The van der Waals surface area contributed by atoms with Crippen LogP contribution in [0.4, 0.5) is 4.79 Å². The average Bonchev–Trinajstić information content (AvgIpc) is 2.31. The summed E-state index contributed by atoms with van der Waals surface area (Å²) < 4.78 is 9.22. The lowest BCUT2D eigenvalue weighted by Crippen LogP contribution is -2.16. The van der Waals surface area contributed by atoms with Gasteiger partial charge in [0.1, 0.15) is 0 Å². The Morgan fingerprint density at radius 2 is 2.25 bits per heavy atom. The molecule has 0 aromatic heterocycles. The number of phenols is 1. The van der Waals surface area contributed by atoms with E-state index in [0.717, 1.165) is 0 Å². The number of hydrazone groups is 1. The Morgan fingerprint density at radius 3 is 2.88 bits per heavy atom. The van der Waals surface area contributed by atoms with Gasteiger partial charge in [0, 0.05) is 5.56 Å². The fourth-order valence-electron chi connectivity index (χ4n) is 1.01. The van der Waals surface area contributed by atoms with Crippen LogP contribution in [0.1, 0.15) is 5.56 Å². The number of phenolic OH excluding ortho intramolecular Hbond substituents is 1. The van der Waals surface area contributed by atoms with Gasteiger partial charge in [-0.2, -0.15) is 5.10 Å². The highest BCUT2D eigenvalue weighted by Crippen LogP contribution is 2.27. The van der Waals surface area contributed by atoms with Crippen molar-refractivity contribution in [2.24, 2.45) is 5.10 Å². The van der Waals surface area contributed by atoms with Crippen LogP contribution < -0.4 is 10.2 Å². The normalized spacial score (nSPS) is 10.1. The first-order valence-corrected chi connectivity index (χ1v) is 4.42. The third kappa shape index (κ3) is 2.88. The molecule has 1 rings (SSSR count). The first-order valence-electron chi connectivity index (χ1n) is 4.42. The van der Waals surface area contributed by atoms with Gasteiger partial charge in [-0.3, -0.25) is 0 Å². The molecular weight excluding hydrogens is 212 g/mol. The van der Waals surface area contributed by atoms with Crippen molar-refractivity contribution in [3.05, 3.63) is 23.8 Å². The van der Waals surface area contributed by atoms with E-state index in [2.05, 4.69) is 15.3 Å². The van der Waals surface area contributed by atoms with Crippen LogP contribution in [-0.4, -0.2) is 31.6 Å². The van der Waals surface area contributed by atoms with Crippen LogP contribution in [0.3, 0.4) is 0 Å². The Hall–Kier alpha value is -2.24. The van der Waals surface area contributed by atoms with Gasteiger partial charge in [0.05, 0.1) is 20.4 Å². The van der Waals surface area contributed by atoms with Gasteiger partial charge in [-0.1, -0.05) is 6.07 Å². The third-order valence-electron chi connectivity index (χ3n) is 1.79. The fourth-order valence-corrected chi connectivity index (χ4v) is 1.01. The van der Waals surface area contributed by atoms with E-state index in [1.165, 1.54) is 20.4 Å². The summed E-state index contributed by atoms with van der Waals surface area (Å²) in [5.41, 5.74) is 2.53. The molecule has 0 saturated heterocycles. The number of ether oxygens (including phenoxy) is 2. The molecule has 6 nitrogen and oxygen atoms in total. The Labute approximate surface area is 92.5 Å². The first kappa shape index (κ1) is 11.8. The predicted molar refractivity (Wildman–Crippen MR) is 57.8 cm³/mol.